The van der Waals surface area contributed by atoms with E-state index in [1.165, 1.54) is 0 Å². The normalized spacial score (nSPS) is 18.2. The minimum absolute atomic E-state index is 0.122. The van der Waals surface area contributed by atoms with Crippen LogP contribution < -0.4 is 10.2 Å². The lowest BCUT2D eigenvalue weighted by Crippen LogP contribution is -2.41. The van der Waals surface area contributed by atoms with E-state index in [1.807, 2.05) is 36.4 Å². The molecule has 0 spiro atoms. The van der Waals surface area contributed by atoms with E-state index in [9.17, 15) is 25.4 Å². The van der Waals surface area contributed by atoms with Crippen molar-refractivity contribution in [2.75, 3.05) is 18.1 Å². The molecule has 0 bridgehead atoms. The summed E-state index contributed by atoms with van der Waals surface area (Å²) in [4.78, 5) is 26.1. The molecule has 1 unspecified atom stereocenters. The lowest BCUT2D eigenvalue weighted by Gasteiger charge is -2.34. The highest BCUT2D eigenvalue weighted by Crippen LogP contribution is 2.41. The highest BCUT2D eigenvalue weighted by Gasteiger charge is 2.40. The van der Waals surface area contributed by atoms with Gasteiger partial charge in [0.25, 0.3) is 5.91 Å². The summed E-state index contributed by atoms with van der Waals surface area (Å²) in [5.41, 5.74) is 2.94. The summed E-state index contributed by atoms with van der Waals surface area (Å²) in [6, 6.07) is 10.5. The maximum Gasteiger partial charge on any atom is 0.330 e. The number of ether oxygens (including phenoxy) is 1. The molecule has 33 heavy (non-hydrogen) atoms. The summed E-state index contributed by atoms with van der Waals surface area (Å²) in [7, 11) is 0. The second kappa shape index (κ2) is 9.59. The van der Waals surface area contributed by atoms with Gasteiger partial charge < -0.3 is 15.0 Å². The smallest absolute Gasteiger partial charge is 0.330 e. The van der Waals surface area contributed by atoms with Crippen LogP contribution in [-0.2, 0) is 20.7 Å². The monoisotopic (exact) mass is 443 g/mol. The van der Waals surface area contributed by atoms with Gasteiger partial charge in [0.15, 0.2) is 5.92 Å². The fourth-order valence-corrected chi connectivity index (χ4v) is 4.46. The first-order valence-electron chi connectivity index (χ1n) is 10.7. The molecule has 168 valence electrons. The van der Waals surface area contributed by atoms with Gasteiger partial charge in [0.2, 0.25) is 0 Å². The predicted molar refractivity (Wildman–Crippen MR) is 121 cm³/mol. The minimum Gasteiger partial charge on any atom is -0.463 e. The SMILES string of the molecule is C=CC(=O)OCCCCN1c2ccc(C3=C(C#N)C(C(C#N)C#N)NC3=O)cc2CC1(C)C. The van der Waals surface area contributed by atoms with Gasteiger partial charge in [-0.3, -0.25) is 4.79 Å². The Labute approximate surface area is 193 Å². The van der Waals surface area contributed by atoms with Crippen LogP contribution in [0, 0.1) is 39.9 Å². The predicted octanol–water partition coefficient (Wildman–Crippen LogP) is 2.78. The van der Waals surface area contributed by atoms with Crippen molar-refractivity contribution in [3.8, 4) is 18.2 Å². The Bertz CT molecular complexity index is 1130. The summed E-state index contributed by atoms with van der Waals surface area (Å²) in [6.07, 6.45) is 3.49. The number of anilines is 1. The number of rotatable bonds is 8. The molecule has 0 aromatic heterocycles. The molecular weight excluding hydrogens is 418 g/mol. The molecule has 8 nitrogen and oxygen atoms in total. The summed E-state index contributed by atoms with van der Waals surface area (Å²) >= 11 is 0. The zero-order valence-corrected chi connectivity index (χ0v) is 18.7. The van der Waals surface area contributed by atoms with Crippen molar-refractivity contribution in [3.63, 3.8) is 0 Å². The molecule has 0 saturated carbocycles. The Morgan fingerprint density at radius 3 is 2.70 bits per heavy atom. The number of nitrogens with zero attached hydrogens (tertiary/aromatic N) is 4. The van der Waals surface area contributed by atoms with Crippen molar-refractivity contribution in [2.45, 2.75) is 44.7 Å². The van der Waals surface area contributed by atoms with Gasteiger partial charge in [0.1, 0.15) is 0 Å². The first-order chi connectivity index (χ1) is 15.8. The maximum atomic E-state index is 12.7. The van der Waals surface area contributed by atoms with E-state index in [0.29, 0.717) is 12.2 Å². The van der Waals surface area contributed by atoms with Gasteiger partial charge in [-0.2, -0.15) is 15.8 Å². The van der Waals surface area contributed by atoms with Crippen molar-refractivity contribution in [1.29, 1.82) is 15.8 Å². The number of amides is 1. The van der Waals surface area contributed by atoms with Crippen molar-refractivity contribution in [2.24, 2.45) is 5.92 Å². The molecule has 0 aliphatic carbocycles. The molecule has 1 aromatic carbocycles. The van der Waals surface area contributed by atoms with Gasteiger partial charge in [-0.1, -0.05) is 12.6 Å². The fourth-order valence-electron chi connectivity index (χ4n) is 4.46. The summed E-state index contributed by atoms with van der Waals surface area (Å²) in [6.45, 7) is 8.80. The number of nitriles is 3. The summed E-state index contributed by atoms with van der Waals surface area (Å²) < 4.78 is 5.04. The van der Waals surface area contributed by atoms with Crippen LogP contribution in [-0.4, -0.2) is 36.6 Å². The number of nitrogens with one attached hydrogen (secondary N) is 1. The van der Waals surface area contributed by atoms with E-state index in [1.54, 1.807) is 0 Å². The molecule has 3 rings (SSSR count). The fraction of sp³-hybridized carbons (Fsp3) is 0.400. The highest BCUT2D eigenvalue weighted by molar-refractivity contribution is 6.24. The standard InChI is InChI=1S/C25H25N5O3/c1-4-21(31)33-10-6-5-9-30-20-8-7-16(11-17(20)12-25(30,2)3)22-19(15-28)23(29-24(22)32)18(13-26)14-27/h4,7-8,11,18,23H,1,5-6,9-10,12H2,2-3H3,(H,29,32). The Morgan fingerprint density at radius 2 is 2.06 bits per heavy atom. The molecule has 1 amide bonds. The van der Waals surface area contributed by atoms with Crippen LogP contribution in [0.2, 0.25) is 0 Å². The lowest BCUT2D eigenvalue weighted by molar-refractivity contribution is -0.137. The Hall–Kier alpha value is -4.09. The number of carbonyl (C=O) groups is 2. The van der Waals surface area contributed by atoms with Gasteiger partial charge in [-0.15, -0.1) is 0 Å². The molecule has 0 fully saturated rings. The number of hydrogen-bond acceptors (Lipinski definition) is 7. The van der Waals surface area contributed by atoms with Crippen LogP contribution >= 0.6 is 0 Å². The molecule has 0 saturated heterocycles. The third kappa shape index (κ3) is 4.59. The Balaban J connectivity index is 1.83. The van der Waals surface area contributed by atoms with Gasteiger partial charge in [-0.25, -0.2) is 4.79 Å². The highest BCUT2D eigenvalue weighted by atomic mass is 16.5. The Morgan fingerprint density at radius 1 is 1.33 bits per heavy atom. The lowest BCUT2D eigenvalue weighted by atomic mass is 9.92. The molecule has 1 aromatic rings. The van der Waals surface area contributed by atoms with Crippen molar-refractivity contribution in [1.82, 2.24) is 5.32 Å². The Kier molecular flexibility index (Phi) is 6.85. The van der Waals surface area contributed by atoms with Gasteiger partial charge in [0, 0.05) is 23.8 Å². The van der Waals surface area contributed by atoms with Gasteiger partial charge in [-0.05, 0) is 56.4 Å². The van der Waals surface area contributed by atoms with Gasteiger partial charge in [0.05, 0.1) is 42.0 Å². The van der Waals surface area contributed by atoms with E-state index in [0.717, 1.165) is 43.1 Å². The summed E-state index contributed by atoms with van der Waals surface area (Å²) in [5, 5.41) is 30.7. The van der Waals surface area contributed by atoms with E-state index in [2.05, 4.69) is 30.6 Å². The van der Waals surface area contributed by atoms with Crippen LogP contribution in [0.5, 0.6) is 0 Å². The molecule has 1 atom stereocenters. The second-order valence-electron chi connectivity index (χ2n) is 8.65. The van der Waals surface area contributed by atoms with E-state index in [-0.39, 0.29) is 16.7 Å². The van der Waals surface area contributed by atoms with Crippen molar-refractivity contribution >= 4 is 23.1 Å². The second-order valence-corrected chi connectivity index (χ2v) is 8.65. The number of hydrogen-bond donors (Lipinski definition) is 1. The average Bonchev–Trinajstić information content (AvgIpc) is 3.25. The number of esters is 1. The molecule has 2 heterocycles. The third-order valence-electron chi connectivity index (χ3n) is 6.03. The minimum atomic E-state index is -1.13. The molecule has 2 aliphatic rings. The molecule has 0 radical (unpaired) electrons. The van der Waals surface area contributed by atoms with E-state index < -0.39 is 23.8 Å². The first kappa shape index (κ1) is 23.6. The van der Waals surface area contributed by atoms with Crippen LogP contribution in [0.4, 0.5) is 5.69 Å². The number of unbranched alkanes of at least 4 members (excludes halogenated alkanes) is 1. The average molecular weight is 444 g/mol. The third-order valence-corrected chi connectivity index (χ3v) is 6.03. The zero-order valence-electron chi connectivity index (χ0n) is 18.7. The topological polar surface area (TPSA) is 130 Å². The number of benzene rings is 1. The molecule has 2 aliphatic heterocycles. The van der Waals surface area contributed by atoms with Gasteiger partial charge >= 0.3 is 5.97 Å². The quantitative estimate of drug-likeness (QED) is 0.371. The number of carbonyl (C=O) groups excluding carboxylic acids is 2. The largest absolute Gasteiger partial charge is 0.463 e. The van der Waals surface area contributed by atoms with E-state index >= 15 is 0 Å². The zero-order chi connectivity index (χ0) is 24.2. The van der Waals surface area contributed by atoms with Crippen LogP contribution in [0.15, 0.2) is 36.4 Å². The van der Waals surface area contributed by atoms with Crippen LogP contribution in [0.3, 0.4) is 0 Å². The van der Waals surface area contributed by atoms with Crippen molar-refractivity contribution in [3.05, 3.63) is 47.6 Å². The summed E-state index contributed by atoms with van der Waals surface area (Å²) in [5.74, 6) is -2.00. The molecule has 8 heteroatoms. The van der Waals surface area contributed by atoms with Crippen LogP contribution in [0.25, 0.3) is 5.57 Å². The first-order valence-corrected chi connectivity index (χ1v) is 10.7. The number of fused-ring (bicyclic) bond motifs is 1. The van der Waals surface area contributed by atoms with Crippen molar-refractivity contribution < 1.29 is 14.3 Å². The molecular formula is C25H25N5O3. The maximum absolute atomic E-state index is 12.7. The van der Waals surface area contributed by atoms with E-state index in [4.69, 9.17) is 4.74 Å². The molecule has 1 N–H and O–H groups in total. The van der Waals surface area contributed by atoms with Crippen LogP contribution in [0.1, 0.15) is 37.8 Å².